The Morgan fingerprint density at radius 3 is 2.75 bits per heavy atom. The van der Waals surface area contributed by atoms with Gasteiger partial charge < -0.3 is 4.90 Å². The molecule has 0 aromatic heterocycles. The highest BCUT2D eigenvalue weighted by Crippen LogP contribution is 2.15. The van der Waals surface area contributed by atoms with Gasteiger partial charge in [0, 0.05) is 11.4 Å². The lowest BCUT2D eigenvalue weighted by molar-refractivity contribution is 0.336. The van der Waals surface area contributed by atoms with Crippen molar-refractivity contribution in [2.75, 3.05) is 18.9 Å². The Kier molecular flexibility index (Phi) is 2.32. The number of alkyl halides is 1. The molecule has 1 fully saturated rings. The van der Waals surface area contributed by atoms with E-state index in [0.717, 1.165) is 11.4 Å². The molecular weight excluding hydrogens is 166 g/mol. The number of hydrogen-bond acceptors (Lipinski definition) is 1. The molecule has 0 spiro atoms. The molecule has 8 heavy (non-hydrogen) atoms. The van der Waals surface area contributed by atoms with Gasteiger partial charge in [-0.2, -0.15) is 0 Å². The summed E-state index contributed by atoms with van der Waals surface area (Å²) in [6, 6.07) is 0.815. The van der Waals surface area contributed by atoms with Crippen molar-refractivity contribution in [3.8, 4) is 0 Å². The summed E-state index contributed by atoms with van der Waals surface area (Å²) in [7, 11) is 2.19. The van der Waals surface area contributed by atoms with Crippen molar-refractivity contribution in [3.05, 3.63) is 0 Å². The van der Waals surface area contributed by atoms with Crippen molar-refractivity contribution in [2.24, 2.45) is 0 Å². The maximum absolute atomic E-state index is 3.47. The molecule has 0 aromatic carbocycles. The summed E-state index contributed by atoms with van der Waals surface area (Å²) in [6.07, 6.45) is 2.76. The van der Waals surface area contributed by atoms with Gasteiger partial charge in [-0.15, -0.1) is 0 Å². The van der Waals surface area contributed by atoms with Gasteiger partial charge in [0.2, 0.25) is 0 Å². The number of likely N-dealkylation sites (tertiary alicyclic amines) is 1. The average Bonchev–Trinajstić information content (AvgIpc) is 2.14. The van der Waals surface area contributed by atoms with Gasteiger partial charge in [-0.1, -0.05) is 15.9 Å². The quantitative estimate of drug-likeness (QED) is 0.549. The smallest absolute Gasteiger partial charge is 0.0190 e. The molecule has 1 heterocycles. The minimum Gasteiger partial charge on any atom is -0.303 e. The van der Waals surface area contributed by atoms with E-state index in [4.69, 9.17) is 0 Å². The molecule has 0 N–H and O–H groups in total. The van der Waals surface area contributed by atoms with Crippen LogP contribution in [0.25, 0.3) is 0 Å². The Hall–Kier alpha value is 0.440. The van der Waals surface area contributed by atoms with Gasteiger partial charge >= 0.3 is 0 Å². The molecule has 0 amide bonds. The van der Waals surface area contributed by atoms with E-state index in [2.05, 4.69) is 27.9 Å². The van der Waals surface area contributed by atoms with Gasteiger partial charge in [0.15, 0.2) is 0 Å². The minimum atomic E-state index is 0.815. The summed E-state index contributed by atoms with van der Waals surface area (Å²) in [6.45, 7) is 1.29. The predicted molar refractivity (Wildman–Crippen MR) is 39.4 cm³/mol. The first-order chi connectivity index (χ1) is 3.84. The van der Waals surface area contributed by atoms with Crippen molar-refractivity contribution in [2.45, 2.75) is 18.9 Å². The van der Waals surface area contributed by atoms with Crippen molar-refractivity contribution >= 4 is 15.9 Å². The Morgan fingerprint density at radius 2 is 2.50 bits per heavy atom. The molecule has 1 aliphatic heterocycles. The van der Waals surface area contributed by atoms with Gasteiger partial charge in [-0.25, -0.2) is 0 Å². The fraction of sp³-hybridized carbons (Fsp3) is 1.00. The van der Waals surface area contributed by atoms with Crippen LogP contribution in [-0.2, 0) is 0 Å². The van der Waals surface area contributed by atoms with Gasteiger partial charge in [0.25, 0.3) is 0 Å². The molecule has 1 saturated heterocycles. The van der Waals surface area contributed by atoms with Crippen molar-refractivity contribution in [3.63, 3.8) is 0 Å². The Balaban J connectivity index is 2.30. The lowest BCUT2D eigenvalue weighted by Crippen LogP contribution is -2.25. The number of nitrogens with zero attached hydrogens (tertiary/aromatic N) is 1. The number of hydrogen-bond donors (Lipinski definition) is 0. The molecule has 2 heteroatoms. The van der Waals surface area contributed by atoms with E-state index < -0.39 is 0 Å². The molecule has 0 bridgehead atoms. The van der Waals surface area contributed by atoms with E-state index in [-0.39, 0.29) is 0 Å². The first kappa shape index (κ1) is 6.56. The summed E-state index contributed by atoms with van der Waals surface area (Å²) in [4.78, 5) is 2.41. The van der Waals surface area contributed by atoms with Crippen LogP contribution >= 0.6 is 15.9 Å². The van der Waals surface area contributed by atoms with Crippen LogP contribution in [0.4, 0.5) is 0 Å². The molecule has 1 rings (SSSR count). The molecule has 0 aliphatic carbocycles. The highest BCUT2D eigenvalue weighted by atomic mass is 79.9. The largest absolute Gasteiger partial charge is 0.303 e. The Labute approximate surface area is 59.2 Å². The van der Waals surface area contributed by atoms with Crippen LogP contribution in [0, 0.1) is 0 Å². The highest BCUT2D eigenvalue weighted by molar-refractivity contribution is 9.09. The maximum Gasteiger partial charge on any atom is 0.0190 e. The fourth-order valence-electron chi connectivity index (χ4n) is 1.17. The van der Waals surface area contributed by atoms with E-state index in [1.807, 2.05) is 0 Å². The summed E-state index contributed by atoms with van der Waals surface area (Å²) in [5.74, 6) is 0. The lowest BCUT2D eigenvalue weighted by atomic mass is 10.2. The zero-order chi connectivity index (χ0) is 5.98. The predicted octanol–water partition coefficient (Wildman–Crippen LogP) is 1.48. The first-order valence-corrected chi connectivity index (χ1v) is 4.23. The SMILES string of the molecule is CN1CCCC1CBr. The molecule has 0 aromatic rings. The van der Waals surface area contributed by atoms with Crippen LogP contribution in [0.2, 0.25) is 0 Å². The zero-order valence-corrected chi connectivity index (χ0v) is 6.82. The van der Waals surface area contributed by atoms with Crippen molar-refractivity contribution < 1.29 is 0 Å². The van der Waals surface area contributed by atoms with E-state index in [9.17, 15) is 0 Å². The minimum absolute atomic E-state index is 0.815. The number of rotatable bonds is 1. The topological polar surface area (TPSA) is 3.24 Å². The van der Waals surface area contributed by atoms with E-state index in [1.165, 1.54) is 19.4 Å². The van der Waals surface area contributed by atoms with Gasteiger partial charge in [0.1, 0.15) is 0 Å². The second-order valence-electron chi connectivity index (χ2n) is 2.43. The molecule has 1 atom stereocenters. The molecule has 0 radical (unpaired) electrons. The fourth-order valence-corrected chi connectivity index (χ4v) is 1.99. The molecule has 1 unspecified atom stereocenters. The summed E-state index contributed by atoms with van der Waals surface area (Å²) in [5, 5.41) is 1.14. The van der Waals surface area contributed by atoms with Gasteiger partial charge in [-0.05, 0) is 26.4 Å². The third-order valence-electron chi connectivity index (χ3n) is 1.85. The standard InChI is InChI=1S/C6H12BrN/c1-8-4-2-3-6(8)5-7/h6H,2-5H2,1H3. The monoisotopic (exact) mass is 177 g/mol. The number of halogens is 1. The third kappa shape index (κ3) is 1.23. The Bertz CT molecular complexity index is 74.9. The first-order valence-electron chi connectivity index (χ1n) is 3.11. The van der Waals surface area contributed by atoms with Gasteiger partial charge in [0.05, 0.1) is 0 Å². The lowest BCUT2D eigenvalue weighted by Gasteiger charge is -2.15. The second kappa shape index (κ2) is 2.83. The van der Waals surface area contributed by atoms with Gasteiger partial charge in [-0.3, -0.25) is 0 Å². The highest BCUT2D eigenvalue weighted by Gasteiger charge is 2.18. The maximum atomic E-state index is 3.47. The van der Waals surface area contributed by atoms with E-state index >= 15 is 0 Å². The summed E-state index contributed by atoms with van der Waals surface area (Å²) < 4.78 is 0. The van der Waals surface area contributed by atoms with Crippen LogP contribution in [0.15, 0.2) is 0 Å². The van der Waals surface area contributed by atoms with Crippen LogP contribution in [0.3, 0.4) is 0 Å². The molecule has 48 valence electrons. The molecular formula is C6H12BrN. The van der Waals surface area contributed by atoms with Crippen molar-refractivity contribution in [1.29, 1.82) is 0 Å². The van der Waals surface area contributed by atoms with Crippen molar-refractivity contribution in [1.82, 2.24) is 4.90 Å². The average molecular weight is 178 g/mol. The van der Waals surface area contributed by atoms with Crippen LogP contribution < -0.4 is 0 Å². The third-order valence-corrected chi connectivity index (χ3v) is 2.60. The summed E-state index contributed by atoms with van der Waals surface area (Å²) >= 11 is 3.47. The van der Waals surface area contributed by atoms with E-state index in [1.54, 1.807) is 0 Å². The zero-order valence-electron chi connectivity index (χ0n) is 5.23. The molecule has 1 aliphatic rings. The van der Waals surface area contributed by atoms with Crippen LogP contribution in [0.1, 0.15) is 12.8 Å². The molecule has 0 saturated carbocycles. The normalized spacial score (nSPS) is 31.5. The van der Waals surface area contributed by atoms with E-state index in [0.29, 0.717) is 0 Å². The summed E-state index contributed by atoms with van der Waals surface area (Å²) in [5.41, 5.74) is 0. The molecule has 1 nitrogen and oxygen atoms in total. The second-order valence-corrected chi connectivity index (χ2v) is 3.08. The van der Waals surface area contributed by atoms with Crippen LogP contribution in [-0.4, -0.2) is 29.9 Å². The Morgan fingerprint density at radius 1 is 1.75 bits per heavy atom. The van der Waals surface area contributed by atoms with Crippen LogP contribution in [0.5, 0.6) is 0 Å².